The summed E-state index contributed by atoms with van der Waals surface area (Å²) in [5, 5.41) is 9.17. The summed E-state index contributed by atoms with van der Waals surface area (Å²) >= 11 is 0. The van der Waals surface area contributed by atoms with Crippen LogP contribution in [-0.2, 0) is 9.47 Å². The van der Waals surface area contributed by atoms with E-state index in [1.807, 2.05) is 0 Å². The molecular weight excluding hydrogens is 242 g/mol. The van der Waals surface area contributed by atoms with E-state index in [-0.39, 0.29) is 12.7 Å². The van der Waals surface area contributed by atoms with Gasteiger partial charge in [-0.25, -0.2) is 0 Å². The number of unbranched alkanes of at least 4 members (excludes halogenated alkanes) is 1. The van der Waals surface area contributed by atoms with Crippen molar-refractivity contribution in [2.24, 2.45) is 5.92 Å². The molecule has 2 aliphatic heterocycles. The molecule has 0 aromatic rings. The highest BCUT2D eigenvalue weighted by Gasteiger charge is 2.25. The predicted molar refractivity (Wildman–Crippen MR) is 75.3 cm³/mol. The number of morpholine rings is 1. The molecule has 0 aromatic heterocycles. The minimum atomic E-state index is 0.0201. The van der Waals surface area contributed by atoms with Crippen molar-refractivity contribution in [2.45, 2.75) is 51.2 Å². The molecule has 0 amide bonds. The van der Waals surface area contributed by atoms with Gasteiger partial charge in [0, 0.05) is 25.8 Å². The van der Waals surface area contributed by atoms with E-state index >= 15 is 0 Å². The smallest absolute Gasteiger partial charge is 0.0933 e. The van der Waals surface area contributed by atoms with Crippen molar-refractivity contribution in [1.82, 2.24) is 4.90 Å². The highest BCUT2D eigenvalue weighted by Crippen LogP contribution is 2.21. The summed E-state index contributed by atoms with van der Waals surface area (Å²) in [5.74, 6) is 0.890. The molecule has 0 radical (unpaired) electrons. The van der Waals surface area contributed by atoms with Crippen LogP contribution in [0.4, 0.5) is 0 Å². The Hall–Kier alpha value is -0.160. The molecule has 0 unspecified atom stereocenters. The highest BCUT2D eigenvalue weighted by atomic mass is 16.5. The Morgan fingerprint density at radius 2 is 2.00 bits per heavy atom. The Morgan fingerprint density at radius 3 is 2.74 bits per heavy atom. The quantitative estimate of drug-likeness (QED) is 0.746. The van der Waals surface area contributed by atoms with Gasteiger partial charge in [-0.05, 0) is 38.6 Å². The number of nitrogens with zero attached hydrogens (tertiary/aromatic N) is 1. The summed E-state index contributed by atoms with van der Waals surface area (Å²) in [5.41, 5.74) is 0. The normalized spacial score (nSPS) is 30.6. The Labute approximate surface area is 117 Å². The number of aliphatic hydroxyl groups is 1. The lowest BCUT2D eigenvalue weighted by molar-refractivity contribution is -0.0780. The Morgan fingerprint density at radius 1 is 1.21 bits per heavy atom. The van der Waals surface area contributed by atoms with Crippen LogP contribution >= 0.6 is 0 Å². The zero-order chi connectivity index (χ0) is 13.5. The maximum atomic E-state index is 9.17. The molecule has 0 saturated carbocycles. The van der Waals surface area contributed by atoms with Gasteiger partial charge in [0.25, 0.3) is 0 Å². The standard InChI is InChI=1S/C15H29NO3/c1-13-12-19-15(11-17)10-16(13)7-3-2-4-14-5-8-18-9-6-14/h13-15,17H,2-12H2,1H3/t13-,15+/m1/s1. The second-order valence-electron chi connectivity index (χ2n) is 6.03. The molecule has 0 aromatic carbocycles. The van der Waals surface area contributed by atoms with E-state index in [2.05, 4.69) is 11.8 Å². The van der Waals surface area contributed by atoms with Crippen molar-refractivity contribution in [3.8, 4) is 0 Å². The van der Waals surface area contributed by atoms with Gasteiger partial charge in [0.1, 0.15) is 0 Å². The minimum absolute atomic E-state index is 0.0201. The van der Waals surface area contributed by atoms with Crippen molar-refractivity contribution in [1.29, 1.82) is 0 Å². The predicted octanol–water partition coefficient (Wildman–Crippen LogP) is 1.66. The fourth-order valence-electron chi connectivity index (χ4n) is 3.08. The van der Waals surface area contributed by atoms with Gasteiger partial charge in [0.05, 0.1) is 19.3 Å². The van der Waals surface area contributed by atoms with E-state index in [0.29, 0.717) is 6.04 Å². The summed E-state index contributed by atoms with van der Waals surface area (Å²) in [6.45, 7) is 7.06. The molecule has 2 aliphatic rings. The summed E-state index contributed by atoms with van der Waals surface area (Å²) in [7, 11) is 0. The van der Waals surface area contributed by atoms with E-state index < -0.39 is 0 Å². The van der Waals surface area contributed by atoms with Gasteiger partial charge >= 0.3 is 0 Å². The molecule has 2 rings (SSSR count). The van der Waals surface area contributed by atoms with Crippen LogP contribution in [0.1, 0.15) is 39.0 Å². The minimum Gasteiger partial charge on any atom is -0.394 e. The van der Waals surface area contributed by atoms with Crippen molar-refractivity contribution in [3.63, 3.8) is 0 Å². The summed E-state index contributed by atoms with van der Waals surface area (Å²) in [6, 6.07) is 0.492. The monoisotopic (exact) mass is 271 g/mol. The lowest BCUT2D eigenvalue weighted by Gasteiger charge is -2.37. The summed E-state index contributed by atoms with van der Waals surface area (Å²) < 4.78 is 11.0. The van der Waals surface area contributed by atoms with E-state index in [1.54, 1.807) is 0 Å². The first-order valence-corrected chi connectivity index (χ1v) is 7.84. The molecule has 112 valence electrons. The molecule has 0 aliphatic carbocycles. The lowest BCUT2D eigenvalue weighted by atomic mass is 9.94. The van der Waals surface area contributed by atoms with Gasteiger partial charge in [0.15, 0.2) is 0 Å². The number of ether oxygens (including phenoxy) is 2. The average Bonchev–Trinajstić information content (AvgIpc) is 2.46. The van der Waals surface area contributed by atoms with Crippen LogP contribution in [0.3, 0.4) is 0 Å². The van der Waals surface area contributed by atoms with Gasteiger partial charge < -0.3 is 14.6 Å². The number of hydrogen-bond acceptors (Lipinski definition) is 4. The third-order valence-corrected chi connectivity index (χ3v) is 4.49. The van der Waals surface area contributed by atoms with Crippen LogP contribution < -0.4 is 0 Å². The average molecular weight is 271 g/mol. The molecule has 1 N–H and O–H groups in total. The molecular formula is C15H29NO3. The van der Waals surface area contributed by atoms with Gasteiger partial charge in [0.2, 0.25) is 0 Å². The Kier molecular flexibility index (Phi) is 6.57. The number of aliphatic hydroxyl groups excluding tert-OH is 1. The van der Waals surface area contributed by atoms with Crippen LogP contribution in [0.25, 0.3) is 0 Å². The second kappa shape index (κ2) is 8.20. The first-order chi connectivity index (χ1) is 9.29. The summed E-state index contributed by atoms with van der Waals surface area (Å²) in [4.78, 5) is 2.47. The van der Waals surface area contributed by atoms with Crippen LogP contribution in [0.5, 0.6) is 0 Å². The third kappa shape index (κ3) is 5.03. The van der Waals surface area contributed by atoms with Crippen LogP contribution in [0, 0.1) is 5.92 Å². The van der Waals surface area contributed by atoms with Gasteiger partial charge in [-0.3, -0.25) is 4.90 Å². The van der Waals surface area contributed by atoms with Crippen LogP contribution in [0.2, 0.25) is 0 Å². The topological polar surface area (TPSA) is 41.9 Å². The Balaban J connectivity index is 1.58. The zero-order valence-corrected chi connectivity index (χ0v) is 12.2. The lowest BCUT2D eigenvalue weighted by Crippen LogP contribution is -2.49. The largest absolute Gasteiger partial charge is 0.394 e. The molecule has 2 heterocycles. The first kappa shape index (κ1) is 15.2. The Bertz CT molecular complexity index is 244. The first-order valence-electron chi connectivity index (χ1n) is 7.84. The molecule has 0 spiro atoms. The fourth-order valence-corrected chi connectivity index (χ4v) is 3.08. The second-order valence-corrected chi connectivity index (χ2v) is 6.03. The van der Waals surface area contributed by atoms with Crippen molar-refractivity contribution < 1.29 is 14.6 Å². The maximum absolute atomic E-state index is 9.17. The third-order valence-electron chi connectivity index (χ3n) is 4.49. The zero-order valence-electron chi connectivity index (χ0n) is 12.2. The van der Waals surface area contributed by atoms with E-state index in [9.17, 15) is 5.11 Å². The molecule has 19 heavy (non-hydrogen) atoms. The van der Waals surface area contributed by atoms with Crippen LogP contribution in [0.15, 0.2) is 0 Å². The molecule has 4 heteroatoms. The SMILES string of the molecule is C[C@@H]1CO[C@H](CO)CN1CCCCC1CCOCC1. The summed E-state index contributed by atoms with van der Waals surface area (Å²) in [6.07, 6.45) is 6.46. The van der Waals surface area contributed by atoms with E-state index in [4.69, 9.17) is 9.47 Å². The number of rotatable bonds is 6. The molecule has 2 atom stereocenters. The van der Waals surface area contributed by atoms with Gasteiger partial charge in [-0.15, -0.1) is 0 Å². The van der Waals surface area contributed by atoms with Gasteiger partial charge in [-0.2, -0.15) is 0 Å². The van der Waals surface area contributed by atoms with Crippen molar-refractivity contribution >= 4 is 0 Å². The molecule has 2 saturated heterocycles. The van der Waals surface area contributed by atoms with Gasteiger partial charge in [-0.1, -0.05) is 12.8 Å². The maximum Gasteiger partial charge on any atom is 0.0933 e. The van der Waals surface area contributed by atoms with Crippen molar-refractivity contribution in [3.05, 3.63) is 0 Å². The van der Waals surface area contributed by atoms with E-state index in [0.717, 1.165) is 38.8 Å². The molecule has 4 nitrogen and oxygen atoms in total. The fraction of sp³-hybridized carbons (Fsp3) is 1.00. The molecule has 0 bridgehead atoms. The van der Waals surface area contributed by atoms with Crippen LogP contribution in [-0.4, -0.2) is 61.7 Å². The highest BCUT2D eigenvalue weighted by molar-refractivity contribution is 4.77. The number of hydrogen-bond donors (Lipinski definition) is 1. The molecule has 2 fully saturated rings. The van der Waals surface area contributed by atoms with Crippen molar-refractivity contribution in [2.75, 3.05) is 39.5 Å². The van der Waals surface area contributed by atoms with E-state index in [1.165, 1.54) is 32.1 Å².